The molecule has 2 aromatic rings. The zero-order valence-electron chi connectivity index (χ0n) is 12.7. The number of aryl methyl sites for hydroxylation is 1. The minimum Gasteiger partial charge on any atom is -0.477 e. The van der Waals surface area contributed by atoms with E-state index in [1.807, 2.05) is 25.1 Å². The number of benzene rings is 1. The number of carboxylic acids is 1. The number of carbonyl (C=O) groups excluding carboxylic acids is 1. The summed E-state index contributed by atoms with van der Waals surface area (Å²) in [4.78, 5) is 22.6. The van der Waals surface area contributed by atoms with E-state index < -0.39 is 11.9 Å². The van der Waals surface area contributed by atoms with Crippen LogP contribution in [0.25, 0.3) is 10.9 Å². The van der Waals surface area contributed by atoms with E-state index in [0.29, 0.717) is 13.2 Å². The molecule has 0 bridgehead atoms. The molecule has 0 amide bonds. The van der Waals surface area contributed by atoms with Gasteiger partial charge in [0.15, 0.2) is 0 Å². The van der Waals surface area contributed by atoms with Crippen LogP contribution in [-0.4, -0.2) is 41.4 Å². The number of aromatic carboxylic acids is 1. The van der Waals surface area contributed by atoms with Gasteiger partial charge in [-0.25, -0.2) is 9.59 Å². The lowest BCUT2D eigenvalue weighted by Gasteiger charge is -2.09. The van der Waals surface area contributed by atoms with Gasteiger partial charge in [-0.3, -0.25) is 0 Å². The maximum Gasteiger partial charge on any atom is 0.352 e. The van der Waals surface area contributed by atoms with E-state index in [-0.39, 0.29) is 18.9 Å². The van der Waals surface area contributed by atoms with Crippen LogP contribution in [0.15, 0.2) is 24.3 Å². The number of rotatable bonds is 7. The van der Waals surface area contributed by atoms with Crippen LogP contribution in [0.5, 0.6) is 0 Å². The standard InChI is InChI=1S/C16H19NO5/c1-3-22-15(18)10-21-8-7-17-13-6-4-5-11(2)12(13)9-14(17)16(19)20/h4-6,9H,3,7-8,10H2,1-2H3,(H,19,20). The molecule has 6 nitrogen and oxygen atoms in total. The number of carbonyl (C=O) groups is 2. The normalized spacial score (nSPS) is 10.8. The van der Waals surface area contributed by atoms with E-state index in [0.717, 1.165) is 16.5 Å². The summed E-state index contributed by atoms with van der Waals surface area (Å²) in [6.07, 6.45) is 0. The van der Waals surface area contributed by atoms with Gasteiger partial charge in [-0.15, -0.1) is 0 Å². The predicted molar refractivity (Wildman–Crippen MR) is 81.1 cm³/mol. The fourth-order valence-corrected chi connectivity index (χ4v) is 2.36. The summed E-state index contributed by atoms with van der Waals surface area (Å²) in [5, 5.41) is 10.2. The molecule has 0 radical (unpaired) electrons. The van der Waals surface area contributed by atoms with Crippen LogP contribution in [-0.2, 0) is 20.8 Å². The Bertz CT molecular complexity index is 689. The number of nitrogens with zero attached hydrogens (tertiary/aromatic N) is 1. The van der Waals surface area contributed by atoms with Crippen molar-refractivity contribution in [1.29, 1.82) is 0 Å². The first kappa shape index (κ1) is 16.0. The average Bonchev–Trinajstić information content (AvgIpc) is 2.84. The summed E-state index contributed by atoms with van der Waals surface area (Å²) in [5.74, 6) is -1.41. The minimum absolute atomic E-state index is 0.130. The molecular formula is C16H19NO5. The number of hydrogen-bond donors (Lipinski definition) is 1. The fraction of sp³-hybridized carbons (Fsp3) is 0.375. The van der Waals surface area contributed by atoms with E-state index in [4.69, 9.17) is 9.47 Å². The second-order valence-corrected chi connectivity index (χ2v) is 4.85. The van der Waals surface area contributed by atoms with Crippen LogP contribution in [0.2, 0.25) is 0 Å². The van der Waals surface area contributed by atoms with Crippen molar-refractivity contribution in [2.45, 2.75) is 20.4 Å². The van der Waals surface area contributed by atoms with Crippen molar-refractivity contribution in [2.75, 3.05) is 19.8 Å². The molecule has 1 N–H and O–H groups in total. The van der Waals surface area contributed by atoms with Crippen LogP contribution in [0.3, 0.4) is 0 Å². The maximum absolute atomic E-state index is 11.4. The zero-order valence-corrected chi connectivity index (χ0v) is 12.7. The third-order valence-corrected chi connectivity index (χ3v) is 3.37. The fourth-order valence-electron chi connectivity index (χ4n) is 2.36. The Morgan fingerprint density at radius 3 is 2.77 bits per heavy atom. The number of hydrogen-bond acceptors (Lipinski definition) is 4. The summed E-state index contributed by atoms with van der Waals surface area (Å²) < 4.78 is 11.7. The van der Waals surface area contributed by atoms with Crippen molar-refractivity contribution in [3.05, 3.63) is 35.5 Å². The third-order valence-electron chi connectivity index (χ3n) is 3.37. The number of fused-ring (bicyclic) bond motifs is 1. The Labute approximate surface area is 128 Å². The van der Waals surface area contributed by atoms with E-state index in [1.54, 1.807) is 17.6 Å². The van der Waals surface area contributed by atoms with Crippen LogP contribution in [0.1, 0.15) is 23.0 Å². The summed E-state index contributed by atoms with van der Waals surface area (Å²) in [6.45, 7) is 4.44. The predicted octanol–water partition coefficient (Wildman–Crippen LogP) is 2.23. The van der Waals surface area contributed by atoms with Crippen molar-refractivity contribution >= 4 is 22.8 Å². The number of carboxylic acid groups (broad SMARTS) is 1. The molecule has 6 heteroatoms. The Hall–Kier alpha value is -2.34. The highest BCUT2D eigenvalue weighted by molar-refractivity contribution is 5.95. The maximum atomic E-state index is 11.4. The molecule has 0 saturated heterocycles. The SMILES string of the molecule is CCOC(=O)COCCn1c(C(=O)O)cc2c(C)cccc21. The Balaban J connectivity index is 2.12. The highest BCUT2D eigenvalue weighted by Gasteiger charge is 2.15. The molecular weight excluding hydrogens is 286 g/mol. The Morgan fingerprint density at radius 2 is 2.09 bits per heavy atom. The van der Waals surface area contributed by atoms with Crippen LogP contribution in [0.4, 0.5) is 0 Å². The van der Waals surface area contributed by atoms with Crippen molar-refractivity contribution in [3.63, 3.8) is 0 Å². The number of aromatic nitrogens is 1. The molecule has 0 saturated carbocycles. The van der Waals surface area contributed by atoms with Gasteiger partial charge in [-0.05, 0) is 31.5 Å². The molecule has 0 unspecified atom stereocenters. The van der Waals surface area contributed by atoms with Gasteiger partial charge >= 0.3 is 11.9 Å². The lowest BCUT2D eigenvalue weighted by Crippen LogP contribution is -2.17. The summed E-state index contributed by atoms with van der Waals surface area (Å²) in [7, 11) is 0. The first-order valence-corrected chi connectivity index (χ1v) is 7.10. The molecule has 1 aromatic heterocycles. The smallest absolute Gasteiger partial charge is 0.352 e. The van der Waals surface area contributed by atoms with Gasteiger partial charge in [0.2, 0.25) is 0 Å². The highest BCUT2D eigenvalue weighted by atomic mass is 16.6. The van der Waals surface area contributed by atoms with Crippen LogP contribution in [0, 0.1) is 6.92 Å². The van der Waals surface area contributed by atoms with Gasteiger partial charge in [0.05, 0.1) is 13.2 Å². The van der Waals surface area contributed by atoms with Gasteiger partial charge < -0.3 is 19.1 Å². The molecule has 1 aromatic carbocycles. The van der Waals surface area contributed by atoms with E-state index in [9.17, 15) is 14.7 Å². The molecule has 2 rings (SSSR count). The van der Waals surface area contributed by atoms with Gasteiger partial charge in [-0.2, -0.15) is 0 Å². The van der Waals surface area contributed by atoms with Crippen molar-refractivity contribution < 1.29 is 24.2 Å². The van der Waals surface area contributed by atoms with E-state index >= 15 is 0 Å². The largest absolute Gasteiger partial charge is 0.477 e. The lowest BCUT2D eigenvalue weighted by molar-refractivity contribution is -0.148. The molecule has 0 aliphatic carbocycles. The van der Waals surface area contributed by atoms with E-state index in [2.05, 4.69) is 0 Å². The van der Waals surface area contributed by atoms with Crippen LogP contribution >= 0.6 is 0 Å². The summed E-state index contributed by atoms with van der Waals surface area (Å²) in [6, 6.07) is 7.37. The quantitative estimate of drug-likeness (QED) is 0.627. The summed E-state index contributed by atoms with van der Waals surface area (Å²) in [5.41, 5.74) is 2.08. The lowest BCUT2D eigenvalue weighted by atomic mass is 10.1. The summed E-state index contributed by atoms with van der Waals surface area (Å²) >= 11 is 0. The topological polar surface area (TPSA) is 77.8 Å². The molecule has 0 aliphatic rings. The van der Waals surface area contributed by atoms with Crippen molar-refractivity contribution in [1.82, 2.24) is 4.57 Å². The molecule has 1 heterocycles. The highest BCUT2D eigenvalue weighted by Crippen LogP contribution is 2.23. The van der Waals surface area contributed by atoms with Gasteiger partial charge in [0, 0.05) is 17.4 Å². The Morgan fingerprint density at radius 1 is 1.32 bits per heavy atom. The Kier molecular flexibility index (Phi) is 5.16. The first-order valence-electron chi connectivity index (χ1n) is 7.10. The molecule has 22 heavy (non-hydrogen) atoms. The second kappa shape index (κ2) is 7.09. The first-order chi connectivity index (χ1) is 10.5. The third kappa shape index (κ3) is 3.46. The molecule has 0 spiro atoms. The minimum atomic E-state index is -0.985. The molecule has 0 aliphatic heterocycles. The van der Waals surface area contributed by atoms with Crippen molar-refractivity contribution in [3.8, 4) is 0 Å². The van der Waals surface area contributed by atoms with Crippen LogP contribution < -0.4 is 0 Å². The van der Waals surface area contributed by atoms with Gasteiger partial charge in [-0.1, -0.05) is 12.1 Å². The molecule has 118 valence electrons. The van der Waals surface area contributed by atoms with Gasteiger partial charge in [0.25, 0.3) is 0 Å². The zero-order chi connectivity index (χ0) is 16.1. The average molecular weight is 305 g/mol. The van der Waals surface area contributed by atoms with Crippen molar-refractivity contribution in [2.24, 2.45) is 0 Å². The molecule has 0 atom stereocenters. The number of esters is 1. The molecule has 0 fully saturated rings. The van der Waals surface area contributed by atoms with E-state index in [1.165, 1.54) is 0 Å². The van der Waals surface area contributed by atoms with Gasteiger partial charge in [0.1, 0.15) is 12.3 Å². The second-order valence-electron chi connectivity index (χ2n) is 4.85. The number of ether oxygens (including phenoxy) is 2. The monoisotopic (exact) mass is 305 g/mol.